The van der Waals surface area contributed by atoms with E-state index in [-0.39, 0.29) is 36.9 Å². The molecule has 1 heterocycles. The Morgan fingerprint density at radius 1 is 1.42 bits per heavy atom. The monoisotopic (exact) mass is 358 g/mol. The molecule has 6 nitrogen and oxygen atoms in total. The third-order valence-electron chi connectivity index (χ3n) is 3.93. The van der Waals surface area contributed by atoms with Crippen LogP contribution in [0.2, 0.25) is 0 Å². The molecule has 3 N–H and O–H groups in total. The van der Waals surface area contributed by atoms with Crippen molar-refractivity contribution in [2.45, 2.75) is 38.4 Å². The largest absolute Gasteiger partial charge is 0.490 e. The number of halogens is 1. The van der Waals surface area contributed by atoms with Crippen LogP contribution in [0.1, 0.15) is 24.8 Å². The molecule has 0 spiro atoms. The molecule has 0 radical (unpaired) electrons. The lowest BCUT2D eigenvalue weighted by atomic mass is 10.1. The number of amides is 1. The Morgan fingerprint density at radius 2 is 2.12 bits per heavy atom. The zero-order valence-corrected chi connectivity index (χ0v) is 15.1. The molecule has 1 unspecified atom stereocenters. The Hall–Kier alpha value is -1.34. The van der Waals surface area contributed by atoms with Crippen molar-refractivity contribution in [1.82, 2.24) is 0 Å². The number of hydrogen-bond acceptors (Lipinski definition) is 5. The van der Waals surface area contributed by atoms with Crippen LogP contribution < -0.4 is 15.8 Å². The van der Waals surface area contributed by atoms with Crippen LogP contribution in [0.4, 0.5) is 5.69 Å². The zero-order valence-electron chi connectivity index (χ0n) is 14.2. The fourth-order valence-electron chi connectivity index (χ4n) is 2.51. The second-order valence-electron chi connectivity index (χ2n) is 5.76. The summed E-state index contributed by atoms with van der Waals surface area (Å²) in [6.45, 7) is 3.79. The van der Waals surface area contributed by atoms with Crippen molar-refractivity contribution in [1.29, 1.82) is 0 Å². The fraction of sp³-hybridized carbons (Fsp3) is 0.588. The number of methoxy groups -OCH3 is 1. The Kier molecular flexibility index (Phi) is 9.07. The van der Waals surface area contributed by atoms with Gasteiger partial charge in [0, 0.05) is 32.2 Å². The molecule has 1 saturated heterocycles. The van der Waals surface area contributed by atoms with Crippen molar-refractivity contribution in [2.75, 3.05) is 32.2 Å². The summed E-state index contributed by atoms with van der Waals surface area (Å²) in [5.74, 6) is 0.742. The summed E-state index contributed by atoms with van der Waals surface area (Å²) in [5, 5.41) is 2.86. The first-order chi connectivity index (χ1) is 11.1. The molecular weight excluding hydrogens is 332 g/mol. The summed E-state index contributed by atoms with van der Waals surface area (Å²) in [5.41, 5.74) is 7.27. The average molecular weight is 359 g/mol. The number of carbonyl (C=O) groups is 1. The Balaban J connectivity index is 0.00000288. The molecule has 1 aromatic rings. The highest BCUT2D eigenvalue weighted by molar-refractivity contribution is 5.91. The van der Waals surface area contributed by atoms with Gasteiger partial charge in [-0.2, -0.15) is 0 Å². The third kappa shape index (κ3) is 6.28. The van der Waals surface area contributed by atoms with Gasteiger partial charge in [0.2, 0.25) is 5.91 Å². The quantitative estimate of drug-likeness (QED) is 0.781. The summed E-state index contributed by atoms with van der Waals surface area (Å²) in [7, 11) is 1.55. The van der Waals surface area contributed by atoms with E-state index >= 15 is 0 Å². The Morgan fingerprint density at radius 3 is 2.71 bits per heavy atom. The smallest absolute Gasteiger partial charge is 0.227 e. The first kappa shape index (κ1) is 20.7. The second-order valence-corrected chi connectivity index (χ2v) is 5.76. The summed E-state index contributed by atoms with van der Waals surface area (Å²) >= 11 is 0. The van der Waals surface area contributed by atoms with Gasteiger partial charge >= 0.3 is 0 Å². The van der Waals surface area contributed by atoms with Gasteiger partial charge in [0.15, 0.2) is 0 Å². The van der Waals surface area contributed by atoms with Crippen molar-refractivity contribution >= 4 is 24.0 Å². The Labute approximate surface area is 149 Å². The minimum Gasteiger partial charge on any atom is -0.490 e. The molecule has 1 fully saturated rings. The number of carbonyl (C=O) groups excluding carboxylic acids is 1. The van der Waals surface area contributed by atoms with Gasteiger partial charge in [-0.3, -0.25) is 4.79 Å². The summed E-state index contributed by atoms with van der Waals surface area (Å²) in [6, 6.07) is 5.66. The molecule has 1 amide bonds. The normalized spacial score (nSPS) is 16.1. The molecule has 0 aromatic heterocycles. The Bertz CT molecular complexity index is 517. The number of aryl methyl sites for hydroxylation is 1. The predicted octanol–water partition coefficient (Wildman–Crippen LogP) is 2.28. The molecule has 2 rings (SSSR count). The second kappa shape index (κ2) is 10.5. The lowest BCUT2D eigenvalue weighted by Crippen LogP contribution is -2.28. The van der Waals surface area contributed by atoms with Gasteiger partial charge in [-0.25, -0.2) is 0 Å². The number of nitrogens with one attached hydrogen (secondary N) is 1. The lowest BCUT2D eigenvalue weighted by molar-refractivity contribution is -0.118. The van der Waals surface area contributed by atoms with E-state index in [0.29, 0.717) is 6.54 Å². The number of hydrogen-bond donors (Lipinski definition) is 2. The molecule has 1 aliphatic rings. The maximum Gasteiger partial charge on any atom is 0.227 e. The van der Waals surface area contributed by atoms with Gasteiger partial charge in [-0.1, -0.05) is 0 Å². The zero-order chi connectivity index (χ0) is 16.7. The van der Waals surface area contributed by atoms with E-state index in [1.54, 1.807) is 7.11 Å². The highest BCUT2D eigenvalue weighted by atomic mass is 35.5. The van der Waals surface area contributed by atoms with Crippen LogP contribution in [0.25, 0.3) is 0 Å². The van der Waals surface area contributed by atoms with Crippen LogP contribution in [0.3, 0.4) is 0 Å². The molecule has 136 valence electrons. The van der Waals surface area contributed by atoms with Crippen LogP contribution in [0.15, 0.2) is 18.2 Å². The number of rotatable bonds is 7. The molecule has 7 heteroatoms. The molecule has 0 saturated carbocycles. The molecule has 24 heavy (non-hydrogen) atoms. The molecule has 1 aromatic carbocycles. The average Bonchev–Trinajstić information content (AvgIpc) is 2.56. The number of ether oxygens (including phenoxy) is 3. The van der Waals surface area contributed by atoms with E-state index < -0.39 is 0 Å². The van der Waals surface area contributed by atoms with E-state index in [2.05, 4.69) is 5.32 Å². The topological polar surface area (TPSA) is 82.8 Å². The van der Waals surface area contributed by atoms with Crippen molar-refractivity contribution in [3.05, 3.63) is 23.8 Å². The molecule has 1 aliphatic heterocycles. The lowest BCUT2D eigenvalue weighted by Gasteiger charge is -2.24. The maximum absolute atomic E-state index is 12.0. The molecule has 1 atom stereocenters. The third-order valence-corrected chi connectivity index (χ3v) is 3.93. The van der Waals surface area contributed by atoms with E-state index in [1.807, 2.05) is 25.1 Å². The molecule has 0 aliphatic carbocycles. The van der Waals surface area contributed by atoms with Crippen LogP contribution in [0.5, 0.6) is 5.75 Å². The van der Waals surface area contributed by atoms with Gasteiger partial charge < -0.3 is 25.3 Å². The van der Waals surface area contributed by atoms with Gasteiger partial charge in [-0.05, 0) is 30.7 Å². The fourth-order valence-corrected chi connectivity index (χ4v) is 2.51. The van der Waals surface area contributed by atoms with Gasteiger partial charge in [-0.15, -0.1) is 12.4 Å². The summed E-state index contributed by atoms with van der Waals surface area (Å²) in [4.78, 5) is 12.0. The first-order valence-electron chi connectivity index (χ1n) is 8.00. The first-order valence-corrected chi connectivity index (χ1v) is 8.00. The highest BCUT2D eigenvalue weighted by Gasteiger charge is 2.17. The van der Waals surface area contributed by atoms with E-state index in [1.165, 1.54) is 0 Å². The van der Waals surface area contributed by atoms with Crippen LogP contribution in [-0.2, 0) is 14.3 Å². The predicted molar refractivity (Wildman–Crippen MR) is 96.0 cm³/mol. The molecular formula is C17H27ClN2O4. The highest BCUT2D eigenvalue weighted by Crippen LogP contribution is 2.25. The van der Waals surface area contributed by atoms with Crippen molar-refractivity contribution in [3.8, 4) is 5.75 Å². The number of benzene rings is 1. The SMILES string of the molecule is COC(CN)CC(=O)Nc1ccc(OC2CCOCC2)c(C)c1.Cl. The van der Waals surface area contributed by atoms with Crippen molar-refractivity contribution in [3.63, 3.8) is 0 Å². The number of anilines is 1. The van der Waals surface area contributed by atoms with Gasteiger partial charge in [0.05, 0.1) is 25.7 Å². The van der Waals surface area contributed by atoms with Gasteiger partial charge in [0.25, 0.3) is 0 Å². The van der Waals surface area contributed by atoms with E-state index in [4.69, 9.17) is 19.9 Å². The minimum atomic E-state index is -0.257. The molecule has 0 bridgehead atoms. The van der Waals surface area contributed by atoms with E-state index in [9.17, 15) is 4.79 Å². The summed E-state index contributed by atoms with van der Waals surface area (Å²) < 4.78 is 16.5. The van der Waals surface area contributed by atoms with Crippen LogP contribution in [-0.4, -0.2) is 45.0 Å². The standard InChI is InChI=1S/C17H26N2O4.ClH/c1-12-9-13(19-17(20)10-15(11-18)21-2)3-4-16(12)23-14-5-7-22-8-6-14;/h3-4,9,14-15H,5-8,10-11,18H2,1-2H3,(H,19,20);1H. The van der Waals surface area contributed by atoms with Crippen molar-refractivity contribution < 1.29 is 19.0 Å². The minimum absolute atomic E-state index is 0. The van der Waals surface area contributed by atoms with E-state index in [0.717, 1.165) is 43.1 Å². The number of nitrogens with two attached hydrogens (primary N) is 1. The van der Waals surface area contributed by atoms with Crippen LogP contribution >= 0.6 is 12.4 Å². The van der Waals surface area contributed by atoms with Crippen LogP contribution in [0, 0.1) is 6.92 Å². The van der Waals surface area contributed by atoms with Gasteiger partial charge in [0.1, 0.15) is 11.9 Å². The maximum atomic E-state index is 12.0. The summed E-state index contributed by atoms with van der Waals surface area (Å²) in [6.07, 6.45) is 2.01. The van der Waals surface area contributed by atoms with Crippen molar-refractivity contribution in [2.24, 2.45) is 5.73 Å².